The van der Waals surface area contributed by atoms with Gasteiger partial charge in [-0.15, -0.1) is 0 Å². The first kappa shape index (κ1) is 11.3. The van der Waals surface area contributed by atoms with E-state index in [0.717, 1.165) is 0 Å². The molecule has 5 nitrogen and oxygen atoms in total. The smallest absolute Gasteiger partial charge is 0.269 e. The molecule has 0 bridgehead atoms. The van der Waals surface area contributed by atoms with Crippen molar-refractivity contribution < 1.29 is 14.8 Å². The van der Waals surface area contributed by atoms with Gasteiger partial charge in [0.25, 0.3) is 5.69 Å². The number of rotatable bonds is 4. The van der Waals surface area contributed by atoms with Gasteiger partial charge in [0.15, 0.2) is 0 Å². The fourth-order valence-electron chi connectivity index (χ4n) is 1.20. The van der Waals surface area contributed by atoms with Crippen molar-refractivity contribution in [2.75, 3.05) is 0 Å². The second-order valence-corrected chi connectivity index (χ2v) is 3.29. The van der Waals surface area contributed by atoms with E-state index in [-0.39, 0.29) is 5.69 Å². The second kappa shape index (κ2) is 4.65. The van der Waals surface area contributed by atoms with E-state index < -0.39 is 16.9 Å². The lowest BCUT2D eigenvalue weighted by Crippen LogP contribution is -2.10. The van der Waals surface area contributed by atoms with Gasteiger partial charge in [-0.05, 0) is 5.56 Å². The molecule has 1 aromatic carbocycles. The van der Waals surface area contributed by atoms with Gasteiger partial charge in [-0.2, -0.15) is 0 Å². The number of nitro benzene ring substituents is 1. The summed E-state index contributed by atoms with van der Waals surface area (Å²) >= 11 is 0. The van der Waals surface area contributed by atoms with Crippen LogP contribution in [-0.2, 0) is 4.79 Å². The third kappa shape index (κ3) is 2.60. The van der Waals surface area contributed by atoms with Crippen LogP contribution in [0.15, 0.2) is 24.3 Å². The van der Waals surface area contributed by atoms with Crippen LogP contribution in [0.5, 0.6) is 0 Å². The maximum Gasteiger partial charge on any atom is 0.269 e. The SMILES string of the molecule is C[C@@H](C=O)[C@H](O)c1cccc([N+](=O)[O-])c1. The summed E-state index contributed by atoms with van der Waals surface area (Å²) in [6, 6.07) is 5.64. The first-order valence-electron chi connectivity index (χ1n) is 4.44. The van der Waals surface area contributed by atoms with Crippen molar-refractivity contribution in [3.05, 3.63) is 39.9 Å². The number of aldehydes is 1. The summed E-state index contributed by atoms with van der Waals surface area (Å²) in [6.45, 7) is 1.55. The molecule has 5 heteroatoms. The van der Waals surface area contributed by atoms with Gasteiger partial charge >= 0.3 is 0 Å². The summed E-state index contributed by atoms with van der Waals surface area (Å²) in [5.41, 5.74) is 0.286. The van der Waals surface area contributed by atoms with Crippen LogP contribution in [-0.4, -0.2) is 16.3 Å². The van der Waals surface area contributed by atoms with E-state index in [1.807, 2.05) is 0 Å². The normalized spacial score (nSPS) is 14.3. The minimum Gasteiger partial charge on any atom is -0.388 e. The lowest BCUT2D eigenvalue weighted by Gasteiger charge is -2.12. The molecular formula is C10H11NO4. The maximum absolute atomic E-state index is 10.5. The molecule has 0 aliphatic heterocycles. The van der Waals surface area contributed by atoms with Gasteiger partial charge in [0, 0.05) is 18.1 Å². The average molecular weight is 209 g/mol. The highest BCUT2D eigenvalue weighted by molar-refractivity contribution is 5.55. The quantitative estimate of drug-likeness (QED) is 0.462. The zero-order chi connectivity index (χ0) is 11.4. The Bertz CT molecular complexity index is 377. The maximum atomic E-state index is 10.5. The van der Waals surface area contributed by atoms with Crippen molar-refractivity contribution in [2.45, 2.75) is 13.0 Å². The zero-order valence-corrected chi connectivity index (χ0v) is 8.16. The highest BCUT2D eigenvalue weighted by Crippen LogP contribution is 2.23. The predicted molar refractivity (Wildman–Crippen MR) is 53.3 cm³/mol. The van der Waals surface area contributed by atoms with Crippen LogP contribution in [0, 0.1) is 16.0 Å². The number of carbonyl (C=O) groups is 1. The minimum absolute atomic E-state index is 0.0929. The van der Waals surface area contributed by atoms with Gasteiger partial charge in [0.2, 0.25) is 0 Å². The number of benzene rings is 1. The van der Waals surface area contributed by atoms with E-state index in [2.05, 4.69) is 0 Å². The molecule has 0 aromatic heterocycles. The first-order chi connectivity index (χ1) is 7.06. The van der Waals surface area contributed by atoms with Gasteiger partial charge in [0.1, 0.15) is 6.29 Å². The Morgan fingerprint density at radius 3 is 2.73 bits per heavy atom. The van der Waals surface area contributed by atoms with Gasteiger partial charge in [-0.1, -0.05) is 19.1 Å². The molecule has 80 valence electrons. The Hall–Kier alpha value is -1.75. The monoisotopic (exact) mass is 209 g/mol. The van der Waals surface area contributed by atoms with Crippen LogP contribution < -0.4 is 0 Å². The van der Waals surface area contributed by atoms with Crippen LogP contribution in [0.3, 0.4) is 0 Å². The van der Waals surface area contributed by atoms with Crippen LogP contribution in [0.4, 0.5) is 5.69 Å². The van der Waals surface area contributed by atoms with E-state index in [0.29, 0.717) is 11.8 Å². The summed E-state index contributed by atoms with van der Waals surface area (Å²) in [4.78, 5) is 20.4. The molecule has 0 amide bonds. The van der Waals surface area contributed by atoms with E-state index in [1.54, 1.807) is 13.0 Å². The Morgan fingerprint density at radius 2 is 2.20 bits per heavy atom. The van der Waals surface area contributed by atoms with Crippen molar-refractivity contribution in [2.24, 2.45) is 5.92 Å². The highest BCUT2D eigenvalue weighted by Gasteiger charge is 2.17. The zero-order valence-electron chi connectivity index (χ0n) is 8.16. The van der Waals surface area contributed by atoms with E-state index >= 15 is 0 Å². The Morgan fingerprint density at radius 1 is 1.53 bits per heavy atom. The fraction of sp³-hybridized carbons (Fsp3) is 0.300. The van der Waals surface area contributed by atoms with Gasteiger partial charge in [-0.25, -0.2) is 0 Å². The molecule has 0 saturated carbocycles. The van der Waals surface area contributed by atoms with Crippen LogP contribution in [0.1, 0.15) is 18.6 Å². The molecule has 0 fully saturated rings. The fourth-order valence-corrected chi connectivity index (χ4v) is 1.20. The molecule has 1 N–H and O–H groups in total. The summed E-state index contributed by atoms with van der Waals surface area (Å²) in [6.07, 6.45) is -0.383. The van der Waals surface area contributed by atoms with Crippen molar-refractivity contribution in [3.63, 3.8) is 0 Å². The molecular weight excluding hydrogens is 198 g/mol. The number of aliphatic hydroxyl groups excluding tert-OH is 1. The lowest BCUT2D eigenvalue weighted by molar-refractivity contribution is -0.385. The number of non-ortho nitro benzene ring substituents is 1. The van der Waals surface area contributed by atoms with E-state index in [9.17, 15) is 20.0 Å². The van der Waals surface area contributed by atoms with Crippen LogP contribution >= 0.6 is 0 Å². The number of aliphatic hydroxyl groups is 1. The lowest BCUT2D eigenvalue weighted by atomic mass is 9.98. The predicted octanol–water partition coefficient (Wildman–Crippen LogP) is 1.46. The standard InChI is InChI=1S/C10H11NO4/c1-7(6-12)10(13)8-3-2-4-9(5-8)11(14)15/h2-7,10,13H,1H3/t7-,10-/m0/s1. The van der Waals surface area contributed by atoms with E-state index in [1.165, 1.54) is 18.2 Å². The molecule has 0 heterocycles. The second-order valence-electron chi connectivity index (χ2n) is 3.29. The average Bonchev–Trinajstić information content (AvgIpc) is 2.27. The van der Waals surface area contributed by atoms with Crippen LogP contribution in [0.2, 0.25) is 0 Å². The molecule has 15 heavy (non-hydrogen) atoms. The third-order valence-corrected chi connectivity index (χ3v) is 2.14. The van der Waals surface area contributed by atoms with Crippen molar-refractivity contribution >= 4 is 12.0 Å². The molecule has 2 atom stereocenters. The Kier molecular flexibility index (Phi) is 3.51. The van der Waals surface area contributed by atoms with Crippen molar-refractivity contribution in [3.8, 4) is 0 Å². The van der Waals surface area contributed by atoms with Gasteiger partial charge < -0.3 is 9.90 Å². The molecule has 0 radical (unpaired) electrons. The number of carbonyl (C=O) groups excluding carboxylic acids is 1. The number of hydrogen-bond donors (Lipinski definition) is 1. The van der Waals surface area contributed by atoms with Gasteiger partial charge in [-0.3, -0.25) is 10.1 Å². The Labute approximate surface area is 86.5 Å². The summed E-state index contributed by atoms with van der Waals surface area (Å²) in [5, 5.41) is 20.1. The van der Waals surface area contributed by atoms with Gasteiger partial charge in [0.05, 0.1) is 11.0 Å². The molecule has 0 saturated heterocycles. The van der Waals surface area contributed by atoms with Crippen molar-refractivity contribution in [1.29, 1.82) is 0 Å². The molecule has 0 unspecified atom stereocenters. The topological polar surface area (TPSA) is 80.4 Å². The summed E-state index contributed by atoms with van der Waals surface area (Å²) in [5.74, 6) is -0.577. The number of nitrogens with zero attached hydrogens (tertiary/aromatic N) is 1. The molecule has 0 aliphatic carbocycles. The molecule has 1 rings (SSSR count). The molecule has 0 spiro atoms. The van der Waals surface area contributed by atoms with Crippen LogP contribution in [0.25, 0.3) is 0 Å². The Balaban J connectivity index is 2.99. The highest BCUT2D eigenvalue weighted by atomic mass is 16.6. The van der Waals surface area contributed by atoms with Crippen molar-refractivity contribution in [1.82, 2.24) is 0 Å². The largest absolute Gasteiger partial charge is 0.388 e. The first-order valence-corrected chi connectivity index (χ1v) is 4.44. The minimum atomic E-state index is -0.998. The molecule has 1 aromatic rings. The third-order valence-electron chi connectivity index (χ3n) is 2.14. The van der Waals surface area contributed by atoms with E-state index in [4.69, 9.17) is 0 Å². The summed E-state index contributed by atoms with van der Waals surface area (Å²) < 4.78 is 0. The number of hydrogen-bond acceptors (Lipinski definition) is 4. The molecule has 0 aliphatic rings. The number of nitro groups is 1. The summed E-state index contributed by atoms with van der Waals surface area (Å²) in [7, 11) is 0.